The molecule has 0 saturated carbocycles. The van der Waals surface area contributed by atoms with Crippen molar-refractivity contribution in [2.45, 2.75) is 64.5 Å². The highest BCUT2D eigenvalue weighted by atomic mass is 35.5. The summed E-state index contributed by atoms with van der Waals surface area (Å²) in [5.74, 6) is -0.226. The number of rotatable bonds is 12. The lowest BCUT2D eigenvalue weighted by Gasteiger charge is -2.44. The minimum absolute atomic E-state index is 0.00598. The number of carbonyl (C=O) groups is 2. The van der Waals surface area contributed by atoms with Crippen molar-refractivity contribution in [1.82, 2.24) is 15.5 Å². The first-order chi connectivity index (χ1) is 20.3. The number of benzene rings is 3. The molecule has 1 aliphatic heterocycles. The quantitative estimate of drug-likeness (QED) is 0.215. The fourth-order valence-electron chi connectivity index (χ4n) is 6.10. The van der Waals surface area contributed by atoms with E-state index in [0.717, 1.165) is 48.1 Å². The van der Waals surface area contributed by atoms with E-state index in [-0.39, 0.29) is 17.7 Å². The maximum absolute atomic E-state index is 13.6. The summed E-state index contributed by atoms with van der Waals surface area (Å²) in [5, 5.41) is 19.4. The first kappa shape index (κ1) is 31.7. The van der Waals surface area contributed by atoms with Crippen LogP contribution < -0.4 is 10.6 Å². The van der Waals surface area contributed by atoms with Crippen LogP contribution in [0.1, 0.15) is 73.0 Å². The van der Waals surface area contributed by atoms with E-state index in [9.17, 15) is 14.7 Å². The predicted octanol–water partition coefficient (Wildman–Crippen LogP) is 6.34. The van der Waals surface area contributed by atoms with Crippen LogP contribution in [0.25, 0.3) is 11.1 Å². The lowest BCUT2D eigenvalue weighted by atomic mass is 9.72. The molecule has 0 radical (unpaired) electrons. The summed E-state index contributed by atoms with van der Waals surface area (Å²) in [6.45, 7) is 6.26. The summed E-state index contributed by atoms with van der Waals surface area (Å²) in [7, 11) is 1.90. The minimum Gasteiger partial charge on any atom is -0.385 e. The molecule has 42 heavy (non-hydrogen) atoms. The molecule has 1 saturated heterocycles. The third-order valence-electron chi connectivity index (χ3n) is 8.45. The summed E-state index contributed by atoms with van der Waals surface area (Å²) in [6, 6.07) is 21.8. The number of amides is 2. The summed E-state index contributed by atoms with van der Waals surface area (Å²) in [5.41, 5.74) is 4.29. The Labute approximate surface area is 255 Å². The van der Waals surface area contributed by atoms with Crippen molar-refractivity contribution in [2.24, 2.45) is 5.92 Å². The molecule has 3 N–H and O–H groups in total. The highest BCUT2D eigenvalue weighted by molar-refractivity contribution is 6.33. The molecular formula is C35H44ClN3O3. The van der Waals surface area contributed by atoms with Crippen LogP contribution in [0.4, 0.5) is 0 Å². The fourth-order valence-corrected chi connectivity index (χ4v) is 6.38. The minimum atomic E-state index is -1.25. The molecule has 0 aliphatic carbocycles. The Balaban J connectivity index is 1.69. The number of halogens is 1. The van der Waals surface area contributed by atoms with Crippen molar-refractivity contribution in [3.05, 3.63) is 94.0 Å². The smallest absolute Gasteiger partial charge is 0.253 e. The number of nitrogens with zero attached hydrogens (tertiary/aromatic N) is 1. The molecular weight excluding hydrogens is 546 g/mol. The third kappa shape index (κ3) is 7.41. The molecule has 1 aliphatic rings. The van der Waals surface area contributed by atoms with E-state index in [1.807, 2.05) is 73.5 Å². The Morgan fingerprint density at radius 1 is 1.05 bits per heavy atom. The lowest BCUT2D eigenvalue weighted by Crippen LogP contribution is -2.48. The number of likely N-dealkylation sites (tertiary alicyclic amines) is 1. The average Bonchev–Trinajstić information content (AvgIpc) is 3.03. The molecule has 224 valence electrons. The molecule has 7 heteroatoms. The van der Waals surface area contributed by atoms with Crippen molar-refractivity contribution in [3.63, 3.8) is 0 Å². The third-order valence-corrected chi connectivity index (χ3v) is 8.76. The number of hydrogen-bond acceptors (Lipinski definition) is 4. The van der Waals surface area contributed by atoms with E-state index < -0.39 is 5.60 Å². The number of aryl methyl sites for hydroxylation is 1. The predicted molar refractivity (Wildman–Crippen MR) is 171 cm³/mol. The zero-order valence-electron chi connectivity index (χ0n) is 25.1. The molecule has 6 nitrogen and oxygen atoms in total. The zero-order chi connectivity index (χ0) is 30.1. The van der Waals surface area contributed by atoms with Gasteiger partial charge in [0, 0.05) is 54.7 Å². The molecule has 1 fully saturated rings. The van der Waals surface area contributed by atoms with Gasteiger partial charge in [0.1, 0.15) is 0 Å². The Hall–Kier alpha value is -3.19. The first-order valence-corrected chi connectivity index (χ1v) is 15.6. The monoisotopic (exact) mass is 589 g/mol. The summed E-state index contributed by atoms with van der Waals surface area (Å²) >= 11 is 6.88. The second-order valence-corrected chi connectivity index (χ2v) is 11.7. The van der Waals surface area contributed by atoms with E-state index in [0.29, 0.717) is 49.5 Å². The van der Waals surface area contributed by atoms with Gasteiger partial charge in [0.25, 0.3) is 5.91 Å². The number of hydrogen-bond donors (Lipinski definition) is 3. The van der Waals surface area contributed by atoms with Gasteiger partial charge in [-0.1, -0.05) is 74.0 Å². The SMILES string of the molecule is CCC(=O)NCCCC(O)(c1cccc(Cl)c1-c1cccc(CC)c1)[C@@H]1CCCN(C(=O)c2ccc(CNC)cc2)C1. The average molecular weight is 590 g/mol. The van der Waals surface area contributed by atoms with E-state index in [4.69, 9.17) is 11.6 Å². The molecule has 1 heterocycles. The van der Waals surface area contributed by atoms with Gasteiger partial charge in [0.2, 0.25) is 5.91 Å². The molecule has 0 bridgehead atoms. The van der Waals surface area contributed by atoms with E-state index in [2.05, 4.69) is 29.7 Å². The van der Waals surface area contributed by atoms with Gasteiger partial charge in [-0.2, -0.15) is 0 Å². The molecule has 3 aromatic rings. The Morgan fingerprint density at radius 2 is 1.81 bits per heavy atom. The first-order valence-electron chi connectivity index (χ1n) is 15.2. The Morgan fingerprint density at radius 3 is 2.52 bits per heavy atom. The van der Waals surface area contributed by atoms with Gasteiger partial charge >= 0.3 is 0 Å². The van der Waals surface area contributed by atoms with Gasteiger partial charge in [-0.3, -0.25) is 9.59 Å². The number of piperidine rings is 1. The zero-order valence-corrected chi connectivity index (χ0v) is 25.8. The van der Waals surface area contributed by atoms with Crippen LogP contribution in [0.3, 0.4) is 0 Å². The van der Waals surface area contributed by atoms with Gasteiger partial charge < -0.3 is 20.6 Å². The molecule has 3 aromatic carbocycles. The van der Waals surface area contributed by atoms with Crippen LogP contribution in [-0.4, -0.2) is 48.5 Å². The second kappa shape index (κ2) is 14.8. The Kier molecular flexibility index (Phi) is 11.2. The second-order valence-electron chi connectivity index (χ2n) is 11.3. The molecule has 2 amide bonds. The van der Waals surface area contributed by atoms with E-state index >= 15 is 0 Å². The van der Waals surface area contributed by atoms with E-state index in [1.165, 1.54) is 5.56 Å². The highest BCUT2D eigenvalue weighted by Crippen LogP contribution is 2.45. The van der Waals surface area contributed by atoms with Crippen molar-refractivity contribution < 1.29 is 14.7 Å². The van der Waals surface area contributed by atoms with Crippen LogP contribution in [0.2, 0.25) is 5.02 Å². The molecule has 0 aromatic heterocycles. The Bertz CT molecular complexity index is 1360. The molecule has 2 atom stereocenters. The van der Waals surface area contributed by atoms with Gasteiger partial charge in [0.05, 0.1) is 5.60 Å². The van der Waals surface area contributed by atoms with Crippen LogP contribution in [0.5, 0.6) is 0 Å². The summed E-state index contributed by atoms with van der Waals surface area (Å²) < 4.78 is 0. The van der Waals surface area contributed by atoms with Gasteiger partial charge in [-0.15, -0.1) is 0 Å². The van der Waals surface area contributed by atoms with Gasteiger partial charge in [-0.25, -0.2) is 0 Å². The van der Waals surface area contributed by atoms with Crippen molar-refractivity contribution in [3.8, 4) is 11.1 Å². The van der Waals surface area contributed by atoms with Gasteiger partial charge in [0.15, 0.2) is 0 Å². The largest absolute Gasteiger partial charge is 0.385 e. The van der Waals surface area contributed by atoms with Crippen LogP contribution in [0.15, 0.2) is 66.7 Å². The lowest BCUT2D eigenvalue weighted by molar-refractivity contribution is -0.120. The topological polar surface area (TPSA) is 81.7 Å². The van der Waals surface area contributed by atoms with Crippen molar-refractivity contribution in [2.75, 3.05) is 26.7 Å². The molecule has 1 unspecified atom stereocenters. The molecule has 0 spiro atoms. The van der Waals surface area contributed by atoms with Crippen molar-refractivity contribution >= 4 is 23.4 Å². The van der Waals surface area contributed by atoms with Crippen molar-refractivity contribution in [1.29, 1.82) is 0 Å². The molecule has 4 rings (SSSR count). The standard InChI is InChI=1S/C35H44ClN3O3/c1-4-25-10-6-11-28(22-25)33-30(13-7-14-31(33)36)35(42,19-9-20-38-32(40)5-2)29-12-8-21-39(24-29)34(41)27-17-15-26(16-18-27)23-37-3/h6-7,10-11,13-18,22,29,37,42H,4-5,8-9,12,19-21,23-24H2,1-3H3,(H,38,40)/t29-,35?/m1/s1. The summed E-state index contributed by atoms with van der Waals surface area (Å²) in [4.78, 5) is 27.4. The number of nitrogens with one attached hydrogen (secondary N) is 2. The normalized spacial score (nSPS) is 16.6. The number of carbonyl (C=O) groups excluding carboxylic acids is 2. The fraction of sp³-hybridized carbons (Fsp3) is 0.429. The maximum atomic E-state index is 13.6. The van der Waals surface area contributed by atoms with E-state index in [1.54, 1.807) is 0 Å². The van der Waals surface area contributed by atoms with Gasteiger partial charge in [-0.05, 0) is 79.6 Å². The number of aliphatic hydroxyl groups is 1. The van der Waals surface area contributed by atoms with Crippen LogP contribution in [0, 0.1) is 5.92 Å². The maximum Gasteiger partial charge on any atom is 0.253 e. The van der Waals surface area contributed by atoms with Crippen LogP contribution in [-0.2, 0) is 23.4 Å². The van der Waals surface area contributed by atoms with Crippen LogP contribution >= 0.6 is 11.6 Å². The summed E-state index contributed by atoms with van der Waals surface area (Å²) in [6.07, 6.45) is 3.93. The highest BCUT2D eigenvalue weighted by Gasteiger charge is 2.43.